The van der Waals surface area contributed by atoms with Crippen LogP contribution in [-0.4, -0.2) is 50.0 Å². The van der Waals surface area contributed by atoms with Gasteiger partial charge in [0.2, 0.25) is 5.91 Å². The Balaban J connectivity index is 2.20. The number of nitrogens with one attached hydrogen (secondary N) is 3. The van der Waals surface area contributed by atoms with Crippen molar-refractivity contribution in [2.75, 3.05) is 19.5 Å². The van der Waals surface area contributed by atoms with Crippen molar-refractivity contribution in [2.45, 2.75) is 44.2 Å². The normalized spacial score (nSPS) is 14.3. The highest BCUT2D eigenvalue weighted by atomic mass is 32.2. The SMILES string of the molecule is CCCOc1ccc(CC(=O)NC(CC)N2C=CSC2)cc1S(=O)(=O)NC(=S)NC. The van der Waals surface area contributed by atoms with E-state index in [0.29, 0.717) is 12.2 Å². The van der Waals surface area contributed by atoms with Crippen LogP contribution in [0.4, 0.5) is 0 Å². The summed E-state index contributed by atoms with van der Waals surface area (Å²) in [5.41, 5.74) is 0.563. The van der Waals surface area contributed by atoms with Gasteiger partial charge in [-0.1, -0.05) is 19.9 Å². The molecule has 2 rings (SSSR count). The molecule has 3 N–H and O–H groups in total. The van der Waals surface area contributed by atoms with Crippen molar-refractivity contribution in [3.05, 3.63) is 35.4 Å². The number of thiocarbonyl (C=S) groups is 1. The topological polar surface area (TPSA) is 99.8 Å². The molecule has 1 amide bonds. The summed E-state index contributed by atoms with van der Waals surface area (Å²) in [5.74, 6) is 0.830. The Bertz CT molecular complexity index is 890. The largest absolute Gasteiger partial charge is 0.492 e. The lowest BCUT2D eigenvalue weighted by Gasteiger charge is -2.27. The van der Waals surface area contributed by atoms with Crippen LogP contribution >= 0.6 is 24.0 Å². The van der Waals surface area contributed by atoms with Crippen LogP contribution < -0.4 is 20.1 Å². The first-order valence-corrected chi connectivity index (χ1v) is 12.6. The Hall–Kier alpha value is -1.98. The number of carbonyl (C=O) groups is 1. The second kappa shape index (κ2) is 11.4. The van der Waals surface area contributed by atoms with Crippen LogP contribution in [0.3, 0.4) is 0 Å². The fraction of sp³-hybridized carbons (Fsp3) is 0.474. The summed E-state index contributed by atoms with van der Waals surface area (Å²) in [6, 6.07) is 4.73. The maximum absolute atomic E-state index is 12.8. The van der Waals surface area contributed by atoms with Crippen LogP contribution in [0.1, 0.15) is 32.3 Å². The monoisotopic (exact) mass is 472 g/mol. The van der Waals surface area contributed by atoms with E-state index in [9.17, 15) is 13.2 Å². The predicted octanol–water partition coefficient (Wildman–Crippen LogP) is 2.13. The number of hydrogen-bond acceptors (Lipinski definition) is 7. The van der Waals surface area contributed by atoms with Crippen LogP contribution in [-0.2, 0) is 21.2 Å². The quantitative estimate of drug-likeness (QED) is 0.446. The van der Waals surface area contributed by atoms with Gasteiger partial charge >= 0.3 is 0 Å². The number of sulfonamides is 1. The van der Waals surface area contributed by atoms with Crippen molar-refractivity contribution in [3.63, 3.8) is 0 Å². The van der Waals surface area contributed by atoms with Gasteiger partial charge in [-0.25, -0.2) is 8.42 Å². The molecule has 30 heavy (non-hydrogen) atoms. The van der Waals surface area contributed by atoms with E-state index in [1.165, 1.54) is 13.1 Å². The Morgan fingerprint density at radius 1 is 1.37 bits per heavy atom. The lowest BCUT2D eigenvalue weighted by molar-refractivity contribution is -0.122. The van der Waals surface area contributed by atoms with Gasteiger partial charge in [-0.15, -0.1) is 11.8 Å². The fourth-order valence-corrected chi connectivity index (χ4v) is 5.01. The van der Waals surface area contributed by atoms with Crippen molar-refractivity contribution in [1.29, 1.82) is 0 Å². The third-order valence-electron chi connectivity index (χ3n) is 4.26. The molecule has 0 saturated carbocycles. The maximum atomic E-state index is 12.8. The van der Waals surface area contributed by atoms with Crippen LogP contribution in [0.5, 0.6) is 5.75 Å². The number of ether oxygens (including phenoxy) is 1. The molecule has 0 aliphatic carbocycles. The van der Waals surface area contributed by atoms with Gasteiger partial charge in [0.1, 0.15) is 16.8 Å². The first-order chi connectivity index (χ1) is 14.3. The van der Waals surface area contributed by atoms with Gasteiger partial charge in [-0.05, 0) is 48.2 Å². The molecule has 0 bridgehead atoms. The minimum Gasteiger partial charge on any atom is -0.492 e. The number of thioether (sulfide) groups is 1. The molecule has 1 aliphatic rings. The van der Waals surface area contributed by atoms with E-state index in [-0.39, 0.29) is 34.3 Å². The maximum Gasteiger partial charge on any atom is 0.267 e. The number of nitrogens with zero attached hydrogens (tertiary/aromatic N) is 1. The van der Waals surface area contributed by atoms with Crippen LogP contribution in [0, 0.1) is 0 Å². The lowest BCUT2D eigenvalue weighted by Crippen LogP contribution is -2.45. The zero-order valence-electron chi connectivity index (χ0n) is 17.3. The molecule has 11 heteroatoms. The average Bonchev–Trinajstić information content (AvgIpc) is 3.25. The third-order valence-corrected chi connectivity index (χ3v) is 6.83. The number of benzene rings is 1. The van der Waals surface area contributed by atoms with Gasteiger partial charge < -0.3 is 20.3 Å². The molecule has 166 valence electrons. The number of hydrogen-bond donors (Lipinski definition) is 3. The zero-order chi connectivity index (χ0) is 22.1. The van der Waals surface area contributed by atoms with Gasteiger partial charge in [0.15, 0.2) is 5.11 Å². The summed E-state index contributed by atoms with van der Waals surface area (Å²) >= 11 is 6.60. The first kappa shape index (κ1) is 24.3. The summed E-state index contributed by atoms with van der Waals surface area (Å²) in [6.45, 7) is 4.31. The van der Waals surface area contributed by atoms with Crippen LogP contribution in [0.25, 0.3) is 0 Å². The molecule has 8 nitrogen and oxygen atoms in total. The second-order valence-electron chi connectivity index (χ2n) is 6.58. The van der Waals surface area contributed by atoms with E-state index in [1.54, 1.807) is 23.9 Å². The van der Waals surface area contributed by atoms with Crippen molar-refractivity contribution < 1.29 is 17.9 Å². The molecule has 0 saturated heterocycles. The summed E-state index contributed by atoms with van der Waals surface area (Å²) in [5, 5.41) is 7.54. The smallest absolute Gasteiger partial charge is 0.267 e. The molecular weight excluding hydrogens is 444 g/mol. The number of rotatable bonds is 10. The summed E-state index contributed by atoms with van der Waals surface area (Å²) in [4.78, 5) is 14.6. The van der Waals surface area contributed by atoms with Crippen molar-refractivity contribution >= 4 is 45.0 Å². The van der Waals surface area contributed by atoms with Gasteiger partial charge in [-0.3, -0.25) is 9.52 Å². The second-order valence-corrected chi connectivity index (χ2v) is 9.50. The fourth-order valence-electron chi connectivity index (χ4n) is 2.76. The minimum absolute atomic E-state index is 0.0260. The molecule has 1 atom stereocenters. The average molecular weight is 473 g/mol. The summed E-state index contributed by atoms with van der Waals surface area (Å²) in [7, 11) is -2.44. The Kier molecular flexibility index (Phi) is 9.25. The molecule has 1 aromatic carbocycles. The van der Waals surface area contributed by atoms with Crippen molar-refractivity contribution in [1.82, 2.24) is 20.3 Å². The van der Waals surface area contributed by atoms with Gasteiger partial charge in [0, 0.05) is 13.2 Å². The molecule has 0 fully saturated rings. The molecule has 0 spiro atoms. The van der Waals surface area contributed by atoms with E-state index in [0.717, 1.165) is 18.7 Å². The molecular formula is C19H28N4O4S3. The summed E-state index contributed by atoms with van der Waals surface area (Å²) < 4.78 is 33.5. The van der Waals surface area contributed by atoms with Crippen LogP contribution in [0.15, 0.2) is 34.7 Å². The minimum atomic E-state index is -3.96. The van der Waals surface area contributed by atoms with Gasteiger partial charge in [0.25, 0.3) is 10.0 Å². The van der Waals surface area contributed by atoms with E-state index >= 15 is 0 Å². The van der Waals surface area contributed by atoms with Gasteiger partial charge in [0.05, 0.1) is 18.9 Å². The van der Waals surface area contributed by atoms with Crippen molar-refractivity contribution in [2.24, 2.45) is 0 Å². The molecule has 1 heterocycles. The standard InChI is InChI=1S/C19H28N4O4S3/c1-4-9-27-15-7-6-14(11-16(15)30(25,26)22-19(28)20-3)12-18(24)21-17(5-2)23-8-10-29-13-23/h6-8,10-11,17H,4-5,9,12-13H2,1-3H3,(H,21,24)(H2,20,22,28). The molecule has 1 aromatic rings. The highest BCUT2D eigenvalue weighted by Gasteiger charge is 2.23. The van der Waals surface area contributed by atoms with E-state index < -0.39 is 10.0 Å². The zero-order valence-corrected chi connectivity index (χ0v) is 19.8. The predicted molar refractivity (Wildman–Crippen MR) is 124 cm³/mol. The molecule has 1 unspecified atom stereocenters. The van der Waals surface area contributed by atoms with Gasteiger partial charge in [-0.2, -0.15) is 0 Å². The lowest BCUT2D eigenvalue weighted by atomic mass is 10.1. The first-order valence-electron chi connectivity index (χ1n) is 9.64. The van der Waals surface area contributed by atoms with E-state index in [1.807, 2.05) is 25.5 Å². The number of carbonyl (C=O) groups excluding carboxylic acids is 1. The Morgan fingerprint density at radius 3 is 2.73 bits per heavy atom. The Labute approximate surface area is 187 Å². The summed E-state index contributed by atoms with van der Waals surface area (Å²) in [6.07, 6.45) is 3.39. The third kappa shape index (κ3) is 6.78. The van der Waals surface area contributed by atoms with E-state index in [2.05, 4.69) is 20.3 Å². The number of amides is 1. The molecule has 0 aromatic heterocycles. The Morgan fingerprint density at radius 2 is 2.13 bits per heavy atom. The van der Waals surface area contributed by atoms with E-state index in [4.69, 9.17) is 17.0 Å². The molecule has 0 radical (unpaired) electrons. The van der Waals surface area contributed by atoms with Crippen molar-refractivity contribution in [3.8, 4) is 5.75 Å². The highest BCUT2D eigenvalue weighted by molar-refractivity contribution is 8.02. The van der Waals surface area contributed by atoms with Crippen LogP contribution in [0.2, 0.25) is 0 Å². The molecule has 1 aliphatic heterocycles. The highest BCUT2D eigenvalue weighted by Crippen LogP contribution is 2.26.